The van der Waals surface area contributed by atoms with Crippen LogP contribution in [0.2, 0.25) is 0 Å². The number of carbonyl (C=O) groups is 2. The highest BCUT2D eigenvalue weighted by Gasteiger charge is 2.42. The maximum absolute atomic E-state index is 12.5. The highest BCUT2D eigenvalue weighted by molar-refractivity contribution is 5.83. The minimum Gasteiger partial charge on any atom is -0.480 e. The smallest absolute Gasteiger partial charge is 0.326 e. The molecule has 0 spiro atoms. The molecule has 108 valence electrons. The van der Waals surface area contributed by atoms with Crippen LogP contribution < -0.4 is 0 Å². The summed E-state index contributed by atoms with van der Waals surface area (Å²) in [5.74, 6) is -0.978. The average Bonchev–Trinajstić information content (AvgIpc) is 2.83. The van der Waals surface area contributed by atoms with Crippen LogP contribution >= 0.6 is 0 Å². The van der Waals surface area contributed by atoms with E-state index in [-0.39, 0.29) is 18.2 Å². The maximum Gasteiger partial charge on any atom is 0.326 e. The highest BCUT2D eigenvalue weighted by atomic mass is 16.5. The molecule has 2 fully saturated rings. The average molecular weight is 272 g/mol. The summed E-state index contributed by atoms with van der Waals surface area (Å²) in [4.78, 5) is 26.8. The van der Waals surface area contributed by atoms with Crippen molar-refractivity contribution in [1.29, 1.82) is 0 Å². The molecule has 0 bridgehead atoms. The predicted octanol–water partition coefficient (Wildman–Crippen LogP) is 0.00100. The van der Waals surface area contributed by atoms with Gasteiger partial charge in [-0.1, -0.05) is 0 Å². The van der Waals surface area contributed by atoms with Crippen molar-refractivity contribution in [2.45, 2.75) is 31.5 Å². The molecule has 3 unspecified atom stereocenters. The summed E-state index contributed by atoms with van der Waals surface area (Å²) in [5.41, 5.74) is 0. The Morgan fingerprint density at radius 3 is 2.68 bits per heavy atom. The van der Waals surface area contributed by atoms with Crippen LogP contribution in [0.15, 0.2) is 0 Å². The first-order valence-corrected chi connectivity index (χ1v) is 6.45. The first-order valence-electron chi connectivity index (χ1n) is 6.45. The third-order valence-electron chi connectivity index (χ3n) is 3.74. The molecule has 0 aromatic heterocycles. The Labute approximate surface area is 112 Å². The van der Waals surface area contributed by atoms with E-state index in [2.05, 4.69) is 0 Å². The molecule has 7 nitrogen and oxygen atoms in total. The molecule has 0 aromatic carbocycles. The van der Waals surface area contributed by atoms with Crippen LogP contribution in [-0.2, 0) is 14.3 Å². The molecule has 0 aromatic rings. The number of nitrogens with zero attached hydrogens (tertiary/aromatic N) is 2. The third-order valence-corrected chi connectivity index (χ3v) is 3.74. The number of aliphatic carboxylic acids is 1. The highest BCUT2D eigenvalue weighted by Crippen LogP contribution is 2.23. The first kappa shape index (κ1) is 14.1. The van der Waals surface area contributed by atoms with E-state index in [4.69, 9.17) is 9.47 Å². The van der Waals surface area contributed by atoms with Gasteiger partial charge >= 0.3 is 12.0 Å². The summed E-state index contributed by atoms with van der Waals surface area (Å²) in [6, 6.07) is -1.06. The van der Waals surface area contributed by atoms with Gasteiger partial charge in [-0.25, -0.2) is 9.59 Å². The topological polar surface area (TPSA) is 79.3 Å². The van der Waals surface area contributed by atoms with Gasteiger partial charge in [0.1, 0.15) is 6.04 Å². The first-order chi connectivity index (χ1) is 9.04. The normalized spacial score (nSPS) is 31.6. The molecule has 0 radical (unpaired) electrons. The lowest BCUT2D eigenvalue weighted by Gasteiger charge is -2.37. The van der Waals surface area contributed by atoms with E-state index in [9.17, 15) is 14.7 Å². The number of morpholine rings is 1. The van der Waals surface area contributed by atoms with Crippen LogP contribution in [0.3, 0.4) is 0 Å². The minimum atomic E-state index is -0.978. The summed E-state index contributed by atoms with van der Waals surface area (Å²) in [6.45, 7) is 3.72. The SMILES string of the molecule is COC1CC(C(=O)O)N(C(=O)N2CCOCC2C)C1. The van der Waals surface area contributed by atoms with E-state index in [1.54, 1.807) is 4.90 Å². The zero-order valence-electron chi connectivity index (χ0n) is 11.2. The number of rotatable bonds is 2. The van der Waals surface area contributed by atoms with E-state index < -0.39 is 12.0 Å². The molecular formula is C12H20N2O5. The molecule has 0 aliphatic carbocycles. The molecule has 7 heteroatoms. The van der Waals surface area contributed by atoms with Crippen LogP contribution in [0.5, 0.6) is 0 Å². The molecule has 2 saturated heterocycles. The number of methoxy groups -OCH3 is 1. The van der Waals surface area contributed by atoms with Crippen molar-refractivity contribution in [3.8, 4) is 0 Å². The van der Waals surface area contributed by atoms with Gasteiger partial charge < -0.3 is 24.4 Å². The number of carbonyl (C=O) groups excluding carboxylic acids is 1. The largest absolute Gasteiger partial charge is 0.480 e. The van der Waals surface area contributed by atoms with Crippen molar-refractivity contribution in [3.05, 3.63) is 0 Å². The van der Waals surface area contributed by atoms with E-state index >= 15 is 0 Å². The number of likely N-dealkylation sites (tertiary alicyclic amines) is 1. The maximum atomic E-state index is 12.5. The lowest BCUT2D eigenvalue weighted by atomic mass is 10.2. The van der Waals surface area contributed by atoms with Crippen molar-refractivity contribution in [3.63, 3.8) is 0 Å². The Balaban J connectivity index is 2.09. The van der Waals surface area contributed by atoms with E-state index in [1.807, 2.05) is 6.92 Å². The second-order valence-corrected chi connectivity index (χ2v) is 5.00. The molecule has 2 amide bonds. The number of hydrogen-bond acceptors (Lipinski definition) is 4. The number of carboxylic acid groups (broad SMARTS) is 1. The van der Waals surface area contributed by atoms with Crippen LogP contribution in [0.1, 0.15) is 13.3 Å². The van der Waals surface area contributed by atoms with Gasteiger partial charge in [-0.15, -0.1) is 0 Å². The second kappa shape index (κ2) is 5.75. The van der Waals surface area contributed by atoms with E-state index in [0.29, 0.717) is 32.7 Å². The Morgan fingerprint density at radius 1 is 1.37 bits per heavy atom. The lowest BCUT2D eigenvalue weighted by molar-refractivity contribution is -0.141. The summed E-state index contributed by atoms with van der Waals surface area (Å²) in [6.07, 6.45) is 0.137. The quantitative estimate of drug-likeness (QED) is 0.765. The molecule has 3 atom stereocenters. The van der Waals surface area contributed by atoms with Crippen LogP contribution in [0, 0.1) is 0 Å². The van der Waals surface area contributed by atoms with Crippen LogP contribution in [-0.4, -0.2) is 78.5 Å². The molecule has 2 aliphatic heterocycles. The number of ether oxygens (including phenoxy) is 2. The van der Waals surface area contributed by atoms with Gasteiger partial charge in [0.25, 0.3) is 0 Å². The monoisotopic (exact) mass is 272 g/mol. The predicted molar refractivity (Wildman–Crippen MR) is 65.9 cm³/mol. The van der Waals surface area contributed by atoms with E-state index in [1.165, 1.54) is 12.0 Å². The number of amides is 2. The van der Waals surface area contributed by atoms with Gasteiger partial charge in [0.05, 0.1) is 25.4 Å². The fourth-order valence-corrected chi connectivity index (χ4v) is 2.59. The summed E-state index contributed by atoms with van der Waals surface area (Å²) in [7, 11) is 1.54. The number of hydrogen-bond donors (Lipinski definition) is 1. The summed E-state index contributed by atoms with van der Waals surface area (Å²) < 4.78 is 10.5. The summed E-state index contributed by atoms with van der Waals surface area (Å²) in [5, 5.41) is 9.22. The van der Waals surface area contributed by atoms with Gasteiger partial charge in [0.15, 0.2) is 0 Å². The zero-order chi connectivity index (χ0) is 14.0. The van der Waals surface area contributed by atoms with Crippen molar-refractivity contribution in [2.75, 3.05) is 33.4 Å². The van der Waals surface area contributed by atoms with Crippen molar-refractivity contribution in [1.82, 2.24) is 9.80 Å². The Hall–Kier alpha value is -1.34. The third kappa shape index (κ3) is 2.82. The molecule has 0 saturated carbocycles. The van der Waals surface area contributed by atoms with E-state index in [0.717, 1.165) is 0 Å². The fourth-order valence-electron chi connectivity index (χ4n) is 2.59. The molecule has 19 heavy (non-hydrogen) atoms. The van der Waals surface area contributed by atoms with Crippen molar-refractivity contribution >= 4 is 12.0 Å². The second-order valence-electron chi connectivity index (χ2n) is 5.00. The lowest BCUT2D eigenvalue weighted by Crippen LogP contribution is -2.54. The van der Waals surface area contributed by atoms with Crippen LogP contribution in [0.4, 0.5) is 4.79 Å². The molecule has 2 rings (SSSR count). The Morgan fingerprint density at radius 2 is 2.11 bits per heavy atom. The number of urea groups is 1. The van der Waals surface area contributed by atoms with Crippen molar-refractivity contribution < 1.29 is 24.2 Å². The summed E-state index contributed by atoms with van der Waals surface area (Å²) >= 11 is 0. The fraction of sp³-hybridized carbons (Fsp3) is 0.833. The van der Waals surface area contributed by atoms with Gasteiger partial charge in [-0.05, 0) is 6.92 Å². The minimum absolute atomic E-state index is 0.0303. The van der Waals surface area contributed by atoms with Gasteiger partial charge in [0.2, 0.25) is 0 Å². The molecule has 1 N–H and O–H groups in total. The molecule has 2 aliphatic rings. The van der Waals surface area contributed by atoms with Gasteiger partial charge in [-0.3, -0.25) is 0 Å². The molecular weight excluding hydrogens is 252 g/mol. The Bertz CT molecular complexity index is 362. The van der Waals surface area contributed by atoms with Gasteiger partial charge in [-0.2, -0.15) is 0 Å². The number of carboxylic acids is 1. The van der Waals surface area contributed by atoms with Crippen LogP contribution in [0.25, 0.3) is 0 Å². The Kier molecular flexibility index (Phi) is 4.26. The van der Waals surface area contributed by atoms with Gasteiger partial charge in [0, 0.05) is 26.6 Å². The molecule has 2 heterocycles. The standard InChI is InChI=1S/C12H20N2O5/c1-8-7-19-4-3-13(8)12(17)14-6-9(18-2)5-10(14)11(15)16/h8-10H,3-7H2,1-2H3,(H,15,16). The zero-order valence-corrected chi connectivity index (χ0v) is 11.2. The van der Waals surface area contributed by atoms with Crippen molar-refractivity contribution in [2.24, 2.45) is 0 Å².